The number of nitro groups is 1. The van der Waals surface area contributed by atoms with Crippen molar-refractivity contribution in [2.45, 2.75) is 12.8 Å². The maximum atomic E-state index is 10.5. The molecule has 5 heteroatoms. The van der Waals surface area contributed by atoms with E-state index in [0.29, 0.717) is 6.54 Å². The summed E-state index contributed by atoms with van der Waals surface area (Å²) in [7, 11) is 1.58. The van der Waals surface area contributed by atoms with Gasteiger partial charge >= 0.3 is 0 Å². The van der Waals surface area contributed by atoms with E-state index in [-0.39, 0.29) is 11.9 Å². The smallest absolute Gasteiger partial charge is 0.269 e. The van der Waals surface area contributed by atoms with Crippen molar-refractivity contribution in [3.8, 4) is 0 Å². The zero-order valence-electron chi connectivity index (χ0n) is 7.69. The van der Waals surface area contributed by atoms with Gasteiger partial charge in [-0.25, -0.2) is 0 Å². The molecule has 0 aromatic heterocycles. The number of hydrogen-bond donors (Lipinski definition) is 1. The van der Waals surface area contributed by atoms with Crippen LogP contribution in [0.15, 0.2) is 18.2 Å². The summed E-state index contributed by atoms with van der Waals surface area (Å²) in [5.41, 5.74) is 2.03. The Balaban J connectivity index is 2.42. The Bertz CT molecular complexity index is 378. The SMILES string of the molecule is COC1NCc2ccc([N+](=O)[O-])cc21. The van der Waals surface area contributed by atoms with E-state index >= 15 is 0 Å². The van der Waals surface area contributed by atoms with Crippen LogP contribution in [0, 0.1) is 10.1 Å². The van der Waals surface area contributed by atoms with Gasteiger partial charge in [-0.05, 0) is 5.56 Å². The van der Waals surface area contributed by atoms with Gasteiger partial charge in [-0.15, -0.1) is 0 Å². The van der Waals surface area contributed by atoms with Crippen molar-refractivity contribution >= 4 is 5.69 Å². The monoisotopic (exact) mass is 194 g/mol. The minimum atomic E-state index is -0.397. The maximum Gasteiger partial charge on any atom is 0.269 e. The fourth-order valence-electron chi connectivity index (χ4n) is 1.62. The lowest BCUT2D eigenvalue weighted by atomic mass is 10.1. The van der Waals surface area contributed by atoms with Crippen molar-refractivity contribution in [2.24, 2.45) is 0 Å². The third-order valence-electron chi connectivity index (χ3n) is 2.34. The highest BCUT2D eigenvalue weighted by Gasteiger charge is 2.23. The molecule has 0 fully saturated rings. The van der Waals surface area contributed by atoms with Crippen LogP contribution in [0.25, 0.3) is 0 Å². The summed E-state index contributed by atoms with van der Waals surface area (Å²) in [6.07, 6.45) is -0.218. The van der Waals surface area contributed by atoms with Crippen molar-refractivity contribution < 1.29 is 9.66 Å². The Morgan fingerprint density at radius 2 is 2.43 bits per heavy atom. The van der Waals surface area contributed by atoms with Crippen LogP contribution in [0.5, 0.6) is 0 Å². The molecule has 0 amide bonds. The molecule has 0 bridgehead atoms. The van der Waals surface area contributed by atoms with E-state index < -0.39 is 4.92 Å². The summed E-state index contributed by atoms with van der Waals surface area (Å²) in [5.74, 6) is 0. The minimum absolute atomic E-state index is 0.106. The number of benzene rings is 1. The van der Waals surface area contributed by atoms with Gasteiger partial charge in [0, 0.05) is 31.4 Å². The molecule has 1 aliphatic heterocycles. The van der Waals surface area contributed by atoms with E-state index in [1.807, 2.05) is 0 Å². The standard InChI is InChI=1S/C9H10N2O3/c1-14-9-8-4-7(11(12)13)3-2-6(8)5-10-9/h2-4,9-10H,5H2,1H3. The van der Waals surface area contributed by atoms with E-state index in [2.05, 4.69) is 5.32 Å². The van der Waals surface area contributed by atoms with Crippen LogP contribution in [0.3, 0.4) is 0 Å². The van der Waals surface area contributed by atoms with E-state index in [9.17, 15) is 10.1 Å². The second kappa shape index (κ2) is 3.36. The zero-order valence-corrected chi connectivity index (χ0v) is 7.69. The molecule has 5 nitrogen and oxygen atoms in total. The third-order valence-corrected chi connectivity index (χ3v) is 2.34. The fraction of sp³-hybridized carbons (Fsp3) is 0.333. The molecule has 1 heterocycles. The first-order valence-corrected chi connectivity index (χ1v) is 4.26. The maximum absolute atomic E-state index is 10.5. The van der Waals surface area contributed by atoms with Crippen molar-refractivity contribution in [1.82, 2.24) is 5.32 Å². The lowest BCUT2D eigenvalue weighted by molar-refractivity contribution is -0.385. The third kappa shape index (κ3) is 1.36. The second-order valence-electron chi connectivity index (χ2n) is 3.14. The first-order valence-electron chi connectivity index (χ1n) is 4.26. The molecule has 1 aliphatic rings. The van der Waals surface area contributed by atoms with Crippen LogP contribution in [-0.2, 0) is 11.3 Å². The first kappa shape index (κ1) is 9.11. The number of non-ortho nitro benzene ring substituents is 1. The average Bonchev–Trinajstić information content (AvgIpc) is 2.59. The summed E-state index contributed by atoms with van der Waals surface area (Å²) < 4.78 is 5.14. The summed E-state index contributed by atoms with van der Waals surface area (Å²) in [4.78, 5) is 10.1. The topological polar surface area (TPSA) is 64.4 Å². The molecule has 0 radical (unpaired) electrons. The molecule has 74 valence electrons. The van der Waals surface area contributed by atoms with Crippen LogP contribution in [-0.4, -0.2) is 12.0 Å². The van der Waals surface area contributed by atoms with Gasteiger partial charge in [-0.1, -0.05) is 6.07 Å². The summed E-state index contributed by atoms with van der Waals surface area (Å²) in [6.45, 7) is 0.700. The molecule has 1 aromatic carbocycles. The number of rotatable bonds is 2. The van der Waals surface area contributed by atoms with Gasteiger partial charge in [0.1, 0.15) is 6.23 Å². The predicted molar refractivity (Wildman–Crippen MR) is 49.7 cm³/mol. The summed E-state index contributed by atoms with van der Waals surface area (Å²) in [5, 5.41) is 13.6. The molecule has 0 aliphatic carbocycles. The Morgan fingerprint density at radius 3 is 3.07 bits per heavy atom. The van der Waals surface area contributed by atoms with Gasteiger partial charge < -0.3 is 4.74 Å². The number of ether oxygens (including phenoxy) is 1. The number of fused-ring (bicyclic) bond motifs is 1. The molecule has 2 rings (SSSR count). The normalized spacial score (nSPS) is 19.4. The van der Waals surface area contributed by atoms with Gasteiger partial charge in [0.25, 0.3) is 5.69 Å². The Hall–Kier alpha value is -1.46. The lowest BCUT2D eigenvalue weighted by Crippen LogP contribution is -2.13. The first-order chi connectivity index (χ1) is 6.72. The van der Waals surface area contributed by atoms with Gasteiger partial charge in [-0.3, -0.25) is 15.4 Å². The molecule has 1 aromatic rings. The van der Waals surface area contributed by atoms with Gasteiger partial charge in [0.05, 0.1) is 4.92 Å². The van der Waals surface area contributed by atoms with Crippen molar-refractivity contribution in [3.63, 3.8) is 0 Å². The zero-order chi connectivity index (χ0) is 10.1. The average molecular weight is 194 g/mol. The highest BCUT2D eigenvalue weighted by atomic mass is 16.6. The second-order valence-corrected chi connectivity index (χ2v) is 3.14. The fourth-order valence-corrected chi connectivity index (χ4v) is 1.62. The van der Waals surface area contributed by atoms with Crippen molar-refractivity contribution in [1.29, 1.82) is 0 Å². The van der Waals surface area contributed by atoms with Crippen LogP contribution >= 0.6 is 0 Å². The van der Waals surface area contributed by atoms with Crippen LogP contribution in [0.4, 0.5) is 5.69 Å². The molecular formula is C9H10N2O3. The molecule has 1 unspecified atom stereocenters. The number of nitrogens with zero attached hydrogens (tertiary/aromatic N) is 1. The predicted octanol–water partition coefficient (Wildman–Crippen LogP) is 1.34. The van der Waals surface area contributed by atoms with Crippen LogP contribution in [0.1, 0.15) is 17.4 Å². The molecule has 14 heavy (non-hydrogen) atoms. The van der Waals surface area contributed by atoms with E-state index in [4.69, 9.17) is 4.74 Å². The van der Waals surface area contributed by atoms with Crippen molar-refractivity contribution in [3.05, 3.63) is 39.4 Å². The molecule has 1 atom stereocenters. The van der Waals surface area contributed by atoms with Gasteiger partial charge in [0.15, 0.2) is 0 Å². The summed E-state index contributed by atoms with van der Waals surface area (Å²) in [6, 6.07) is 4.83. The highest BCUT2D eigenvalue weighted by molar-refractivity contribution is 5.42. The van der Waals surface area contributed by atoms with E-state index in [1.165, 1.54) is 6.07 Å². The van der Waals surface area contributed by atoms with E-state index in [1.54, 1.807) is 19.2 Å². The molecule has 0 spiro atoms. The van der Waals surface area contributed by atoms with Crippen LogP contribution < -0.4 is 5.32 Å². The van der Waals surface area contributed by atoms with E-state index in [0.717, 1.165) is 11.1 Å². The highest BCUT2D eigenvalue weighted by Crippen LogP contribution is 2.28. The quantitative estimate of drug-likeness (QED) is 0.570. The Kier molecular flexibility index (Phi) is 2.18. The molecule has 0 saturated carbocycles. The number of nitrogens with one attached hydrogen (secondary N) is 1. The van der Waals surface area contributed by atoms with Crippen LogP contribution in [0.2, 0.25) is 0 Å². The Labute approximate surface area is 80.8 Å². The molecular weight excluding hydrogens is 184 g/mol. The molecule has 1 N–H and O–H groups in total. The van der Waals surface area contributed by atoms with Crippen molar-refractivity contribution in [2.75, 3.05) is 7.11 Å². The van der Waals surface area contributed by atoms with Gasteiger partial charge in [0.2, 0.25) is 0 Å². The lowest BCUT2D eigenvalue weighted by Gasteiger charge is -2.08. The summed E-state index contributed by atoms with van der Waals surface area (Å²) >= 11 is 0. The van der Waals surface area contributed by atoms with Gasteiger partial charge in [-0.2, -0.15) is 0 Å². The Morgan fingerprint density at radius 1 is 1.64 bits per heavy atom. The minimum Gasteiger partial charge on any atom is -0.362 e. The largest absolute Gasteiger partial charge is 0.362 e. The molecule has 0 saturated heterocycles. The number of methoxy groups -OCH3 is 1. The number of hydrogen-bond acceptors (Lipinski definition) is 4. The number of nitro benzene ring substituents is 1.